The Balaban J connectivity index is 2.35. The van der Waals surface area contributed by atoms with E-state index in [1.54, 1.807) is 24.3 Å². The van der Waals surface area contributed by atoms with Gasteiger partial charge >= 0.3 is 0 Å². The van der Waals surface area contributed by atoms with Crippen molar-refractivity contribution in [2.75, 3.05) is 18.4 Å². The van der Waals surface area contributed by atoms with E-state index in [1.165, 1.54) is 6.92 Å². The zero-order chi connectivity index (χ0) is 15.7. The second-order valence-corrected chi connectivity index (χ2v) is 4.61. The van der Waals surface area contributed by atoms with Crippen LogP contribution in [0.4, 0.5) is 5.69 Å². The van der Waals surface area contributed by atoms with Crippen LogP contribution < -0.4 is 16.0 Å². The van der Waals surface area contributed by atoms with Crippen LogP contribution in [0, 0.1) is 0 Å². The number of rotatable bonds is 7. The number of anilines is 1. The van der Waals surface area contributed by atoms with Gasteiger partial charge in [0.05, 0.1) is 0 Å². The molecule has 1 rings (SSSR count). The normalized spacial score (nSPS) is 9.81. The van der Waals surface area contributed by atoms with Crippen molar-refractivity contribution < 1.29 is 14.4 Å². The monoisotopic (exact) mass is 291 g/mol. The molecule has 0 bridgehead atoms. The van der Waals surface area contributed by atoms with Crippen molar-refractivity contribution in [1.29, 1.82) is 0 Å². The summed E-state index contributed by atoms with van der Waals surface area (Å²) in [6.45, 7) is 4.15. The van der Waals surface area contributed by atoms with Gasteiger partial charge in [0.1, 0.15) is 0 Å². The van der Waals surface area contributed by atoms with E-state index in [0.29, 0.717) is 30.8 Å². The third-order valence-corrected chi connectivity index (χ3v) is 2.68. The topological polar surface area (TPSA) is 87.3 Å². The number of carbonyl (C=O) groups is 3. The molecule has 0 aliphatic carbocycles. The van der Waals surface area contributed by atoms with E-state index >= 15 is 0 Å². The minimum atomic E-state index is -0.214. The Kier molecular flexibility index (Phi) is 6.94. The average Bonchev–Trinajstić information content (AvgIpc) is 2.44. The molecule has 1 aromatic rings. The summed E-state index contributed by atoms with van der Waals surface area (Å²) in [5.41, 5.74) is 1.15. The maximum absolute atomic E-state index is 11.8. The Morgan fingerprint density at radius 2 is 1.62 bits per heavy atom. The van der Waals surface area contributed by atoms with Crippen molar-refractivity contribution in [2.45, 2.75) is 26.7 Å². The first kappa shape index (κ1) is 16.7. The molecule has 0 atom stereocenters. The Morgan fingerprint density at radius 1 is 1.00 bits per heavy atom. The summed E-state index contributed by atoms with van der Waals surface area (Å²) in [6, 6.07) is 6.60. The molecule has 6 heteroatoms. The van der Waals surface area contributed by atoms with Crippen LogP contribution in [-0.4, -0.2) is 30.8 Å². The molecule has 0 aliphatic rings. The third kappa shape index (κ3) is 6.56. The fraction of sp³-hybridized carbons (Fsp3) is 0.400. The highest BCUT2D eigenvalue weighted by molar-refractivity contribution is 5.95. The fourth-order valence-electron chi connectivity index (χ4n) is 1.70. The highest BCUT2D eigenvalue weighted by Crippen LogP contribution is 2.09. The van der Waals surface area contributed by atoms with Crippen LogP contribution in [0.2, 0.25) is 0 Å². The first-order valence-corrected chi connectivity index (χ1v) is 6.95. The van der Waals surface area contributed by atoms with Crippen molar-refractivity contribution in [3.63, 3.8) is 0 Å². The van der Waals surface area contributed by atoms with Gasteiger partial charge in [0, 0.05) is 37.7 Å². The van der Waals surface area contributed by atoms with E-state index in [-0.39, 0.29) is 17.7 Å². The maximum atomic E-state index is 11.8. The van der Waals surface area contributed by atoms with Crippen molar-refractivity contribution >= 4 is 23.4 Å². The number of nitrogens with one attached hydrogen (secondary N) is 3. The SMILES string of the molecule is CCCC(=O)NCCNC(=O)c1ccc(NC(C)=O)cc1. The smallest absolute Gasteiger partial charge is 0.251 e. The van der Waals surface area contributed by atoms with Crippen LogP contribution in [0.25, 0.3) is 0 Å². The highest BCUT2D eigenvalue weighted by Gasteiger charge is 2.05. The molecule has 6 nitrogen and oxygen atoms in total. The van der Waals surface area contributed by atoms with Gasteiger partial charge in [0.25, 0.3) is 5.91 Å². The summed E-state index contributed by atoms with van der Waals surface area (Å²) in [5.74, 6) is -0.379. The number of hydrogen-bond acceptors (Lipinski definition) is 3. The van der Waals surface area contributed by atoms with Gasteiger partial charge < -0.3 is 16.0 Å². The standard InChI is InChI=1S/C15H21N3O3/c1-3-4-14(20)16-9-10-17-15(21)12-5-7-13(8-6-12)18-11(2)19/h5-8H,3-4,9-10H2,1-2H3,(H,16,20)(H,17,21)(H,18,19). The van der Waals surface area contributed by atoms with Crippen LogP contribution in [0.3, 0.4) is 0 Å². The van der Waals surface area contributed by atoms with Gasteiger partial charge in [-0.05, 0) is 30.7 Å². The van der Waals surface area contributed by atoms with Crippen molar-refractivity contribution in [3.05, 3.63) is 29.8 Å². The number of hydrogen-bond donors (Lipinski definition) is 3. The summed E-state index contributed by atoms with van der Waals surface area (Å²) in [7, 11) is 0. The first-order chi connectivity index (χ1) is 10.0. The van der Waals surface area contributed by atoms with Crippen molar-refractivity contribution in [2.24, 2.45) is 0 Å². The van der Waals surface area contributed by atoms with E-state index in [9.17, 15) is 14.4 Å². The molecule has 0 fully saturated rings. The molecular formula is C15H21N3O3. The summed E-state index contributed by atoms with van der Waals surface area (Å²) in [5, 5.41) is 8.07. The predicted octanol–water partition coefficient (Wildman–Crippen LogP) is 1.29. The molecule has 0 aromatic heterocycles. The lowest BCUT2D eigenvalue weighted by molar-refractivity contribution is -0.121. The van der Waals surface area contributed by atoms with Gasteiger partial charge in [-0.3, -0.25) is 14.4 Å². The molecule has 0 aliphatic heterocycles. The molecule has 0 spiro atoms. The summed E-state index contributed by atoms with van der Waals surface area (Å²) in [4.78, 5) is 33.9. The zero-order valence-corrected chi connectivity index (χ0v) is 12.4. The minimum Gasteiger partial charge on any atom is -0.354 e. The molecule has 114 valence electrons. The summed E-state index contributed by atoms with van der Waals surface area (Å²) >= 11 is 0. The Morgan fingerprint density at radius 3 is 2.19 bits per heavy atom. The lowest BCUT2D eigenvalue weighted by Crippen LogP contribution is -2.34. The van der Waals surface area contributed by atoms with Crippen molar-refractivity contribution in [3.8, 4) is 0 Å². The molecule has 1 aromatic carbocycles. The third-order valence-electron chi connectivity index (χ3n) is 2.68. The average molecular weight is 291 g/mol. The molecule has 0 radical (unpaired) electrons. The number of amides is 3. The number of carbonyl (C=O) groups excluding carboxylic acids is 3. The molecule has 0 unspecified atom stereocenters. The zero-order valence-electron chi connectivity index (χ0n) is 12.4. The largest absolute Gasteiger partial charge is 0.354 e. The van der Waals surface area contributed by atoms with Gasteiger partial charge in [0.15, 0.2) is 0 Å². The molecule has 3 N–H and O–H groups in total. The molecule has 0 saturated heterocycles. The molecule has 0 saturated carbocycles. The van der Waals surface area contributed by atoms with Crippen LogP contribution in [-0.2, 0) is 9.59 Å². The molecule has 21 heavy (non-hydrogen) atoms. The van der Waals surface area contributed by atoms with Crippen LogP contribution in [0.15, 0.2) is 24.3 Å². The van der Waals surface area contributed by atoms with Gasteiger partial charge in [0.2, 0.25) is 11.8 Å². The first-order valence-electron chi connectivity index (χ1n) is 6.95. The Bertz CT molecular complexity index is 497. The second kappa shape index (κ2) is 8.73. The van der Waals surface area contributed by atoms with Gasteiger partial charge in [-0.1, -0.05) is 6.92 Å². The quantitative estimate of drug-likeness (QED) is 0.662. The summed E-state index contributed by atoms with van der Waals surface area (Å²) in [6.07, 6.45) is 1.30. The van der Waals surface area contributed by atoms with E-state index in [2.05, 4.69) is 16.0 Å². The highest BCUT2D eigenvalue weighted by atomic mass is 16.2. The molecular weight excluding hydrogens is 270 g/mol. The Hall–Kier alpha value is -2.37. The second-order valence-electron chi connectivity index (χ2n) is 4.61. The minimum absolute atomic E-state index is 0.00795. The molecule has 0 heterocycles. The van der Waals surface area contributed by atoms with Crippen LogP contribution in [0.1, 0.15) is 37.0 Å². The fourth-order valence-corrected chi connectivity index (χ4v) is 1.70. The van der Waals surface area contributed by atoms with E-state index in [4.69, 9.17) is 0 Å². The van der Waals surface area contributed by atoms with Gasteiger partial charge in [-0.2, -0.15) is 0 Å². The van der Waals surface area contributed by atoms with E-state index < -0.39 is 0 Å². The lowest BCUT2D eigenvalue weighted by Gasteiger charge is -2.07. The van der Waals surface area contributed by atoms with Crippen LogP contribution in [0.5, 0.6) is 0 Å². The molecule has 3 amide bonds. The van der Waals surface area contributed by atoms with Crippen molar-refractivity contribution in [1.82, 2.24) is 10.6 Å². The Labute approximate surface area is 124 Å². The maximum Gasteiger partial charge on any atom is 0.251 e. The lowest BCUT2D eigenvalue weighted by atomic mass is 10.2. The van der Waals surface area contributed by atoms with Gasteiger partial charge in [-0.25, -0.2) is 0 Å². The van der Waals surface area contributed by atoms with E-state index in [1.807, 2.05) is 6.92 Å². The summed E-state index contributed by atoms with van der Waals surface area (Å²) < 4.78 is 0. The van der Waals surface area contributed by atoms with Crippen LogP contribution >= 0.6 is 0 Å². The van der Waals surface area contributed by atoms with E-state index in [0.717, 1.165) is 6.42 Å². The predicted molar refractivity (Wildman–Crippen MR) is 81.0 cm³/mol. The number of benzene rings is 1. The van der Waals surface area contributed by atoms with Gasteiger partial charge in [-0.15, -0.1) is 0 Å².